The number of piperidine rings is 2. The molecule has 0 bridgehead atoms. The second-order valence-electron chi connectivity index (χ2n) is 7.94. The number of amides is 4. The summed E-state index contributed by atoms with van der Waals surface area (Å²) < 4.78 is 5.82. The predicted octanol–water partition coefficient (Wildman–Crippen LogP) is 0.0368. The molecule has 30 heavy (non-hydrogen) atoms. The van der Waals surface area contributed by atoms with Crippen LogP contribution in [-0.2, 0) is 20.9 Å². The highest BCUT2D eigenvalue weighted by Crippen LogP contribution is 2.33. The number of benzene rings is 1. The van der Waals surface area contributed by atoms with E-state index in [0.717, 1.165) is 19.4 Å². The number of hydrogen-bond acceptors (Lipinski definition) is 6. The Bertz CT molecular complexity index is 886. The molecule has 9 nitrogen and oxygen atoms in total. The monoisotopic (exact) mass is 414 g/mol. The first-order valence-corrected chi connectivity index (χ1v) is 10.3. The lowest BCUT2D eigenvalue weighted by Gasteiger charge is -2.32. The quantitative estimate of drug-likeness (QED) is 0.659. The van der Waals surface area contributed by atoms with Crippen molar-refractivity contribution >= 4 is 23.6 Å². The first-order valence-electron chi connectivity index (χ1n) is 10.3. The molecule has 1 aromatic rings. The van der Waals surface area contributed by atoms with Crippen LogP contribution in [0.15, 0.2) is 18.2 Å². The number of nitrogens with one attached hydrogen (secondary N) is 2. The van der Waals surface area contributed by atoms with E-state index in [0.29, 0.717) is 35.9 Å². The van der Waals surface area contributed by atoms with E-state index in [1.54, 1.807) is 23.1 Å². The molecular weight excluding hydrogens is 388 g/mol. The van der Waals surface area contributed by atoms with Crippen LogP contribution in [0.2, 0.25) is 0 Å². The summed E-state index contributed by atoms with van der Waals surface area (Å²) in [5, 5.41) is 5.51. The molecule has 3 aliphatic rings. The fourth-order valence-corrected chi connectivity index (χ4v) is 4.36. The maximum Gasteiger partial charge on any atom is 0.260 e. The molecule has 1 aromatic carbocycles. The third kappa shape index (κ3) is 3.89. The molecule has 3 heterocycles. The van der Waals surface area contributed by atoms with Crippen LogP contribution in [0.3, 0.4) is 0 Å². The summed E-state index contributed by atoms with van der Waals surface area (Å²) in [5.41, 5.74) is 1.14. The third-order valence-corrected chi connectivity index (χ3v) is 6.07. The van der Waals surface area contributed by atoms with Crippen LogP contribution >= 0.6 is 0 Å². The minimum absolute atomic E-state index is 0.0843. The summed E-state index contributed by atoms with van der Waals surface area (Å²) >= 11 is 0. The maximum atomic E-state index is 12.9. The van der Waals surface area contributed by atoms with Gasteiger partial charge in [-0.3, -0.25) is 24.5 Å². The van der Waals surface area contributed by atoms with Gasteiger partial charge >= 0.3 is 0 Å². The predicted molar refractivity (Wildman–Crippen MR) is 107 cm³/mol. The highest BCUT2D eigenvalue weighted by atomic mass is 16.5. The van der Waals surface area contributed by atoms with Gasteiger partial charge in [0, 0.05) is 36.7 Å². The van der Waals surface area contributed by atoms with E-state index in [-0.39, 0.29) is 37.3 Å². The second kappa shape index (κ2) is 8.43. The zero-order valence-electron chi connectivity index (χ0n) is 17.0. The first kappa shape index (κ1) is 20.3. The molecule has 0 aliphatic carbocycles. The van der Waals surface area contributed by atoms with Gasteiger partial charge in [-0.05, 0) is 38.4 Å². The van der Waals surface area contributed by atoms with Crippen LogP contribution in [0.25, 0.3) is 0 Å². The Morgan fingerprint density at radius 3 is 2.87 bits per heavy atom. The molecule has 2 unspecified atom stereocenters. The first-order chi connectivity index (χ1) is 14.5. The van der Waals surface area contributed by atoms with Crippen molar-refractivity contribution in [2.45, 2.75) is 44.3 Å². The number of carbonyl (C=O) groups is 4. The van der Waals surface area contributed by atoms with Crippen molar-refractivity contribution in [3.8, 4) is 5.75 Å². The van der Waals surface area contributed by atoms with Gasteiger partial charge in [-0.1, -0.05) is 6.07 Å². The lowest BCUT2D eigenvalue weighted by molar-refractivity contribution is -0.137. The molecule has 9 heteroatoms. The standard InChI is InChI=1S/C21H26N4O5/c1-22-13-4-3-9-24(10-13)19(27)12-30-17-6-2-5-14-15(17)11-25(21(14)29)16-7-8-18(26)23-20(16)28/h2,5-6,13,16,22H,3-4,7-12H2,1H3,(H,23,26,28). The van der Waals surface area contributed by atoms with Gasteiger partial charge in [-0.25, -0.2) is 0 Å². The minimum atomic E-state index is -0.677. The number of imide groups is 1. The van der Waals surface area contributed by atoms with E-state index >= 15 is 0 Å². The lowest BCUT2D eigenvalue weighted by atomic mass is 10.0. The number of hydrogen-bond donors (Lipinski definition) is 2. The van der Waals surface area contributed by atoms with Gasteiger partial charge in [0.2, 0.25) is 11.8 Å². The maximum absolute atomic E-state index is 12.9. The van der Waals surface area contributed by atoms with Crippen molar-refractivity contribution < 1.29 is 23.9 Å². The molecule has 3 aliphatic heterocycles. The van der Waals surface area contributed by atoms with E-state index in [1.165, 1.54) is 4.90 Å². The Hall–Kier alpha value is -2.94. The molecule has 0 radical (unpaired) electrons. The molecule has 2 atom stereocenters. The van der Waals surface area contributed by atoms with E-state index in [9.17, 15) is 19.2 Å². The average Bonchev–Trinajstić information content (AvgIpc) is 3.09. The van der Waals surface area contributed by atoms with Gasteiger partial charge in [0.25, 0.3) is 11.8 Å². The molecule has 2 saturated heterocycles. The largest absolute Gasteiger partial charge is 0.483 e. The summed E-state index contributed by atoms with van der Waals surface area (Å²) in [5.74, 6) is -0.635. The molecule has 0 spiro atoms. The number of likely N-dealkylation sites (N-methyl/N-ethyl adjacent to an activating group) is 1. The average molecular weight is 414 g/mol. The minimum Gasteiger partial charge on any atom is -0.483 e. The highest BCUT2D eigenvalue weighted by molar-refractivity contribution is 6.05. The van der Waals surface area contributed by atoms with Gasteiger partial charge in [0.1, 0.15) is 11.8 Å². The van der Waals surface area contributed by atoms with Crippen LogP contribution in [0.5, 0.6) is 5.75 Å². The molecule has 4 amide bonds. The van der Waals surface area contributed by atoms with E-state index < -0.39 is 11.9 Å². The molecule has 4 rings (SSSR count). The van der Waals surface area contributed by atoms with Crippen LogP contribution in [0.4, 0.5) is 0 Å². The Labute approximate surface area is 174 Å². The fourth-order valence-electron chi connectivity index (χ4n) is 4.36. The Balaban J connectivity index is 1.43. The molecule has 2 fully saturated rings. The fraction of sp³-hybridized carbons (Fsp3) is 0.524. The zero-order valence-corrected chi connectivity index (χ0v) is 17.0. The SMILES string of the molecule is CNC1CCCN(C(=O)COc2cccc3c2CN(C2CCC(=O)NC2=O)C3=O)C1. The van der Waals surface area contributed by atoms with Gasteiger partial charge in [-0.15, -0.1) is 0 Å². The van der Waals surface area contributed by atoms with Gasteiger partial charge in [-0.2, -0.15) is 0 Å². The Kier molecular flexibility index (Phi) is 5.72. The van der Waals surface area contributed by atoms with E-state index in [2.05, 4.69) is 10.6 Å². The lowest BCUT2D eigenvalue weighted by Crippen LogP contribution is -2.52. The van der Waals surface area contributed by atoms with E-state index in [1.807, 2.05) is 7.05 Å². The van der Waals surface area contributed by atoms with Gasteiger partial charge in [0.05, 0.1) is 6.54 Å². The Morgan fingerprint density at radius 2 is 2.10 bits per heavy atom. The van der Waals surface area contributed by atoms with Crippen molar-refractivity contribution in [1.82, 2.24) is 20.4 Å². The highest BCUT2D eigenvalue weighted by Gasteiger charge is 2.40. The molecule has 2 N–H and O–H groups in total. The van der Waals surface area contributed by atoms with Crippen molar-refractivity contribution in [1.29, 1.82) is 0 Å². The topological polar surface area (TPSA) is 108 Å². The molecule has 0 saturated carbocycles. The third-order valence-electron chi connectivity index (χ3n) is 6.07. The van der Waals surface area contributed by atoms with Crippen molar-refractivity contribution in [2.24, 2.45) is 0 Å². The van der Waals surface area contributed by atoms with Crippen LogP contribution in [0, 0.1) is 0 Å². The van der Waals surface area contributed by atoms with Crippen molar-refractivity contribution in [3.05, 3.63) is 29.3 Å². The number of carbonyl (C=O) groups excluding carboxylic acids is 4. The summed E-state index contributed by atoms with van der Waals surface area (Å²) in [6.45, 7) is 1.50. The summed E-state index contributed by atoms with van der Waals surface area (Å²) in [6, 6.07) is 4.76. The van der Waals surface area contributed by atoms with Gasteiger partial charge in [0.15, 0.2) is 6.61 Å². The number of fused-ring (bicyclic) bond motifs is 1. The molecule has 0 aromatic heterocycles. The van der Waals surface area contributed by atoms with Gasteiger partial charge < -0.3 is 19.9 Å². The molecule has 160 valence electrons. The van der Waals surface area contributed by atoms with E-state index in [4.69, 9.17) is 4.74 Å². The summed E-state index contributed by atoms with van der Waals surface area (Å²) in [4.78, 5) is 52.3. The molecular formula is C21H26N4O5. The van der Waals surface area contributed by atoms with Crippen molar-refractivity contribution in [2.75, 3.05) is 26.7 Å². The van der Waals surface area contributed by atoms with Crippen molar-refractivity contribution in [3.63, 3.8) is 0 Å². The van der Waals surface area contributed by atoms with Crippen LogP contribution < -0.4 is 15.4 Å². The normalized spacial score (nSPS) is 24.0. The smallest absolute Gasteiger partial charge is 0.260 e. The summed E-state index contributed by atoms with van der Waals surface area (Å²) in [6.07, 6.45) is 2.51. The summed E-state index contributed by atoms with van der Waals surface area (Å²) in [7, 11) is 1.90. The number of nitrogens with zero attached hydrogens (tertiary/aromatic N) is 2. The number of ether oxygens (including phenoxy) is 1. The zero-order chi connectivity index (χ0) is 21.3. The van der Waals surface area contributed by atoms with Crippen LogP contribution in [-0.4, -0.2) is 72.3 Å². The van der Waals surface area contributed by atoms with Crippen LogP contribution in [0.1, 0.15) is 41.6 Å². The Morgan fingerprint density at radius 1 is 1.27 bits per heavy atom. The number of likely N-dealkylation sites (tertiary alicyclic amines) is 1. The second-order valence-corrected chi connectivity index (χ2v) is 7.94. The number of rotatable bonds is 5.